The minimum Gasteiger partial charge on any atom is -0.484 e. The highest BCUT2D eigenvalue weighted by molar-refractivity contribution is 7.99. The average Bonchev–Trinajstić information content (AvgIpc) is 2.87. The van der Waals surface area contributed by atoms with Crippen molar-refractivity contribution < 1.29 is 9.53 Å². The van der Waals surface area contributed by atoms with Crippen molar-refractivity contribution in [3.63, 3.8) is 0 Å². The molecule has 120 valence electrons. The number of amides is 1. The van der Waals surface area contributed by atoms with Gasteiger partial charge in [0.2, 0.25) is 0 Å². The Morgan fingerprint density at radius 1 is 1.04 bits per heavy atom. The average molecular weight is 327 g/mol. The molecule has 0 radical (unpaired) electrons. The fraction of sp³-hybridized carbons (Fsp3) is 0.316. The maximum Gasteiger partial charge on any atom is 0.260 e. The molecule has 0 aromatic heterocycles. The first-order valence-electron chi connectivity index (χ1n) is 7.95. The van der Waals surface area contributed by atoms with Gasteiger partial charge in [-0.2, -0.15) is 11.8 Å². The standard InChI is InChI=1S/C19H21NO2S/c21-19(15-22-17-9-5-2-6-10-17)20-12-11-18(23-14-13-20)16-7-3-1-4-8-16/h1-10,18H,11-15H2/t18-/m0/s1. The Balaban J connectivity index is 1.52. The van der Waals surface area contributed by atoms with Crippen LogP contribution in [0.4, 0.5) is 0 Å². The molecule has 3 nitrogen and oxygen atoms in total. The monoisotopic (exact) mass is 327 g/mol. The number of rotatable bonds is 4. The van der Waals surface area contributed by atoms with E-state index in [1.807, 2.05) is 53.1 Å². The summed E-state index contributed by atoms with van der Waals surface area (Å²) in [4.78, 5) is 14.3. The van der Waals surface area contributed by atoms with Gasteiger partial charge in [-0.05, 0) is 24.1 Å². The molecular formula is C19H21NO2S. The zero-order valence-electron chi connectivity index (χ0n) is 13.1. The summed E-state index contributed by atoms with van der Waals surface area (Å²) in [7, 11) is 0. The van der Waals surface area contributed by atoms with Gasteiger partial charge in [0.25, 0.3) is 5.91 Å². The highest BCUT2D eigenvalue weighted by Gasteiger charge is 2.22. The minimum absolute atomic E-state index is 0.0724. The first kappa shape index (κ1) is 15.9. The van der Waals surface area contributed by atoms with Crippen LogP contribution in [0.5, 0.6) is 5.75 Å². The first-order chi connectivity index (χ1) is 11.3. The molecule has 0 N–H and O–H groups in total. The topological polar surface area (TPSA) is 29.5 Å². The highest BCUT2D eigenvalue weighted by atomic mass is 32.2. The molecule has 3 rings (SSSR count). The van der Waals surface area contributed by atoms with Gasteiger partial charge < -0.3 is 9.64 Å². The quantitative estimate of drug-likeness (QED) is 0.856. The fourth-order valence-corrected chi connectivity index (χ4v) is 3.94. The van der Waals surface area contributed by atoms with Crippen LogP contribution < -0.4 is 4.74 Å². The first-order valence-corrected chi connectivity index (χ1v) is 9.00. The summed E-state index contributed by atoms with van der Waals surface area (Å²) in [5.74, 6) is 1.78. The molecule has 23 heavy (non-hydrogen) atoms. The van der Waals surface area contributed by atoms with Gasteiger partial charge in [-0.25, -0.2) is 0 Å². The maximum absolute atomic E-state index is 12.4. The van der Waals surface area contributed by atoms with Crippen LogP contribution in [0.1, 0.15) is 17.2 Å². The largest absolute Gasteiger partial charge is 0.484 e. The molecule has 1 amide bonds. The number of benzene rings is 2. The van der Waals surface area contributed by atoms with Crippen LogP contribution >= 0.6 is 11.8 Å². The number of hydrogen-bond donors (Lipinski definition) is 0. The number of hydrogen-bond acceptors (Lipinski definition) is 3. The molecule has 1 fully saturated rings. The van der Waals surface area contributed by atoms with Crippen LogP contribution in [-0.2, 0) is 4.79 Å². The van der Waals surface area contributed by atoms with Crippen molar-refractivity contribution in [1.29, 1.82) is 0 Å². The normalized spacial score (nSPS) is 18.3. The fourth-order valence-electron chi connectivity index (χ4n) is 2.71. The smallest absolute Gasteiger partial charge is 0.260 e. The lowest BCUT2D eigenvalue weighted by molar-refractivity contribution is -0.133. The Morgan fingerprint density at radius 3 is 2.48 bits per heavy atom. The summed E-state index contributed by atoms with van der Waals surface area (Å²) in [6.45, 7) is 1.71. The van der Waals surface area contributed by atoms with E-state index in [-0.39, 0.29) is 12.5 Å². The Labute approximate surface area is 141 Å². The molecule has 2 aromatic carbocycles. The van der Waals surface area contributed by atoms with Gasteiger partial charge in [-0.1, -0.05) is 48.5 Å². The van der Waals surface area contributed by atoms with E-state index < -0.39 is 0 Å². The van der Waals surface area contributed by atoms with Gasteiger partial charge in [-0.15, -0.1) is 0 Å². The van der Waals surface area contributed by atoms with E-state index >= 15 is 0 Å². The lowest BCUT2D eigenvalue weighted by atomic mass is 10.1. The van der Waals surface area contributed by atoms with E-state index in [0.717, 1.165) is 31.0 Å². The molecule has 0 aliphatic carbocycles. The molecule has 1 atom stereocenters. The molecule has 0 unspecified atom stereocenters. The Hall–Kier alpha value is -1.94. The molecule has 1 saturated heterocycles. The SMILES string of the molecule is O=C(COc1ccccc1)N1CCS[C@H](c2ccccc2)CC1. The number of nitrogens with zero attached hydrogens (tertiary/aromatic N) is 1. The molecule has 0 bridgehead atoms. The zero-order chi connectivity index (χ0) is 15.9. The van der Waals surface area contributed by atoms with Gasteiger partial charge in [0, 0.05) is 24.1 Å². The number of ether oxygens (including phenoxy) is 1. The van der Waals surface area contributed by atoms with Crippen molar-refractivity contribution in [1.82, 2.24) is 4.90 Å². The van der Waals surface area contributed by atoms with Crippen molar-refractivity contribution in [2.24, 2.45) is 0 Å². The van der Waals surface area contributed by atoms with Crippen LogP contribution in [-0.4, -0.2) is 36.3 Å². The van der Waals surface area contributed by atoms with Crippen molar-refractivity contribution in [2.45, 2.75) is 11.7 Å². The summed E-state index contributed by atoms with van der Waals surface area (Å²) in [5.41, 5.74) is 1.35. The van der Waals surface area contributed by atoms with Crippen molar-refractivity contribution >= 4 is 17.7 Å². The number of thioether (sulfide) groups is 1. The van der Waals surface area contributed by atoms with E-state index in [9.17, 15) is 4.79 Å². The van der Waals surface area contributed by atoms with Gasteiger partial charge in [0.1, 0.15) is 5.75 Å². The Kier molecular flexibility index (Phi) is 5.59. The molecule has 2 aromatic rings. The van der Waals surface area contributed by atoms with Crippen molar-refractivity contribution in [2.75, 3.05) is 25.4 Å². The number of carbonyl (C=O) groups is 1. The number of carbonyl (C=O) groups excluding carboxylic acids is 1. The maximum atomic E-state index is 12.4. The van der Waals surface area contributed by atoms with Gasteiger partial charge in [0.15, 0.2) is 6.61 Å². The predicted molar refractivity (Wildman–Crippen MR) is 94.8 cm³/mol. The van der Waals surface area contributed by atoms with Gasteiger partial charge in [-0.3, -0.25) is 4.79 Å². The third-order valence-corrected chi connectivity index (χ3v) is 5.30. The third-order valence-electron chi connectivity index (χ3n) is 3.97. The van der Waals surface area contributed by atoms with Crippen LogP contribution in [0.2, 0.25) is 0 Å². The summed E-state index contributed by atoms with van der Waals surface area (Å²) < 4.78 is 5.58. The summed E-state index contributed by atoms with van der Waals surface area (Å²) in [5, 5.41) is 0.476. The second-order valence-electron chi connectivity index (χ2n) is 5.54. The van der Waals surface area contributed by atoms with Gasteiger partial charge >= 0.3 is 0 Å². The Bertz CT molecular complexity index is 618. The van der Waals surface area contributed by atoms with E-state index in [1.54, 1.807) is 0 Å². The lowest BCUT2D eigenvalue weighted by Gasteiger charge is -2.20. The van der Waals surface area contributed by atoms with Crippen molar-refractivity contribution in [3.8, 4) is 5.75 Å². The third kappa shape index (κ3) is 4.52. The molecule has 1 aliphatic rings. The van der Waals surface area contributed by atoms with E-state index in [4.69, 9.17) is 4.74 Å². The molecule has 4 heteroatoms. The molecular weight excluding hydrogens is 306 g/mol. The van der Waals surface area contributed by atoms with Crippen LogP contribution in [0.3, 0.4) is 0 Å². The van der Waals surface area contributed by atoms with Crippen LogP contribution in [0.15, 0.2) is 60.7 Å². The molecule has 1 heterocycles. The van der Waals surface area contributed by atoms with E-state index in [2.05, 4.69) is 24.3 Å². The second-order valence-corrected chi connectivity index (χ2v) is 6.85. The predicted octanol–water partition coefficient (Wildman–Crippen LogP) is 3.77. The lowest BCUT2D eigenvalue weighted by Crippen LogP contribution is -2.36. The minimum atomic E-state index is 0.0724. The summed E-state index contributed by atoms with van der Waals surface area (Å²) in [6, 6.07) is 20.1. The molecule has 1 aliphatic heterocycles. The summed E-state index contributed by atoms with van der Waals surface area (Å²) in [6.07, 6.45) is 0.992. The van der Waals surface area contributed by atoms with E-state index in [1.165, 1.54) is 5.56 Å². The molecule has 0 spiro atoms. The molecule has 0 saturated carbocycles. The number of para-hydroxylation sites is 1. The van der Waals surface area contributed by atoms with Crippen LogP contribution in [0, 0.1) is 0 Å². The van der Waals surface area contributed by atoms with Crippen LogP contribution in [0.25, 0.3) is 0 Å². The zero-order valence-corrected chi connectivity index (χ0v) is 13.9. The van der Waals surface area contributed by atoms with Gasteiger partial charge in [0.05, 0.1) is 0 Å². The summed E-state index contributed by atoms with van der Waals surface area (Å²) >= 11 is 1.94. The highest BCUT2D eigenvalue weighted by Crippen LogP contribution is 2.34. The Morgan fingerprint density at radius 2 is 1.74 bits per heavy atom. The van der Waals surface area contributed by atoms with E-state index in [0.29, 0.717) is 5.25 Å². The second kappa shape index (κ2) is 8.06. The van der Waals surface area contributed by atoms with Crippen molar-refractivity contribution in [3.05, 3.63) is 66.2 Å².